The lowest BCUT2D eigenvalue weighted by molar-refractivity contribution is -0.148. The first-order valence-corrected chi connectivity index (χ1v) is 11.7. The fourth-order valence-electron chi connectivity index (χ4n) is 5.58. The second-order valence-corrected chi connectivity index (χ2v) is 9.68. The molecule has 3 aromatic carbocycles. The topological polar surface area (TPSA) is 64.6 Å². The lowest BCUT2D eigenvalue weighted by atomic mass is 9.63. The van der Waals surface area contributed by atoms with Gasteiger partial charge in [-0.3, -0.25) is 9.59 Å². The summed E-state index contributed by atoms with van der Waals surface area (Å²) >= 11 is 0. The highest BCUT2D eigenvalue weighted by Gasteiger charge is 2.50. The van der Waals surface area contributed by atoms with Crippen LogP contribution in [0.15, 0.2) is 71.9 Å². The van der Waals surface area contributed by atoms with Crippen LogP contribution < -0.4 is 10.1 Å². The van der Waals surface area contributed by atoms with Crippen molar-refractivity contribution in [2.24, 2.45) is 11.3 Å². The van der Waals surface area contributed by atoms with Crippen LogP contribution in [0.5, 0.6) is 5.75 Å². The quantitative estimate of drug-likeness (QED) is 0.501. The number of esters is 1. The molecule has 0 aromatic heterocycles. The molecule has 0 saturated carbocycles. The molecule has 0 amide bonds. The average molecular weight is 456 g/mol. The molecule has 0 unspecified atom stereocenters. The van der Waals surface area contributed by atoms with E-state index in [4.69, 9.17) is 9.47 Å². The van der Waals surface area contributed by atoms with Gasteiger partial charge in [0.2, 0.25) is 0 Å². The number of carbonyl (C=O) groups excluding carboxylic acids is 2. The van der Waals surface area contributed by atoms with Crippen LogP contribution in [-0.4, -0.2) is 25.5 Å². The number of nitrogens with one attached hydrogen (secondary N) is 1. The number of benzene rings is 3. The minimum atomic E-state index is -0.562. The van der Waals surface area contributed by atoms with Crippen molar-refractivity contribution in [1.82, 2.24) is 0 Å². The average Bonchev–Trinajstić information content (AvgIpc) is 2.82. The van der Waals surface area contributed by atoms with Gasteiger partial charge in [-0.25, -0.2) is 0 Å². The summed E-state index contributed by atoms with van der Waals surface area (Å²) in [6, 6.07) is 20.3. The van der Waals surface area contributed by atoms with Crippen molar-refractivity contribution in [2.75, 3.05) is 19.0 Å². The minimum absolute atomic E-state index is 0.0603. The predicted octanol–water partition coefficient (Wildman–Crippen LogP) is 5.84. The number of hydrogen-bond acceptors (Lipinski definition) is 5. The Labute approximate surface area is 199 Å². The van der Waals surface area contributed by atoms with Crippen LogP contribution in [0.4, 0.5) is 5.69 Å². The van der Waals surface area contributed by atoms with E-state index in [2.05, 4.69) is 23.5 Å². The maximum Gasteiger partial charge on any atom is 0.315 e. The molecule has 0 spiro atoms. The van der Waals surface area contributed by atoms with E-state index >= 15 is 0 Å². The molecule has 5 nitrogen and oxygen atoms in total. The molecule has 5 rings (SSSR count). The molecule has 1 N–H and O–H groups in total. The van der Waals surface area contributed by atoms with Crippen LogP contribution >= 0.6 is 0 Å². The number of fused-ring (bicyclic) bond motifs is 3. The normalized spacial score (nSPS) is 20.9. The highest BCUT2D eigenvalue weighted by molar-refractivity contribution is 6.06. The number of ketones is 1. The van der Waals surface area contributed by atoms with Crippen molar-refractivity contribution in [3.05, 3.63) is 83.1 Å². The lowest BCUT2D eigenvalue weighted by Crippen LogP contribution is -2.44. The highest BCUT2D eigenvalue weighted by atomic mass is 16.5. The zero-order valence-electron chi connectivity index (χ0n) is 20.0. The first-order chi connectivity index (χ1) is 16.4. The van der Waals surface area contributed by atoms with Crippen molar-refractivity contribution in [3.63, 3.8) is 0 Å². The Kier molecular flexibility index (Phi) is 5.43. The summed E-state index contributed by atoms with van der Waals surface area (Å²) in [5, 5.41) is 5.70. The van der Waals surface area contributed by atoms with Crippen LogP contribution in [0.3, 0.4) is 0 Å². The molecule has 3 aromatic rings. The molecule has 0 bridgehead atoms. The molecule has 1 heterocycles. The Morgan fingerprint density at radius 1 is 1.06 bits per heavy atom. The second-order valence-electron chi connectivity index (χ2n) is 9.68. The predicted molar refractivity (Wildman–Crippen MR) is 133 cm³/mol. The van der Waals surface area contributed by atoms with Gasteiger partial charge in [0.1, 0.15) is 11.7 Å². The van der Waals surface area contributed by atoms with E-state index in [0.717, 1.165) is 33.3 Å². The molecule has 1 aliphatic carbocycles. The van der Waals surface area contributed by atoms with Crippen molar-refractivity contribution < 1.29 is 19.1 Å². The third kappa shape index (κ3) is 3.47. The van der Waals surface area contributed by atoms with Gasteiger partial charge in [0, 0.05) is 29.3 Å². The van der Waals surface area contributed by atoms with Crippen LogP contribution in [-0.2, 0) is 14.3 Å². The number of allylic oxidation sites excluding steroid dienone is 1. The molecule has 0 fully saturated rings. The number of Topliss-reactive ketones (excluding diaryl/α,β-unsaturated/α-hetero) is 1. The van der Waals surface area contributed by atoms with E-state index in [1.807, 2.05) is 63.2 Å². The minimum Gasteiger partial charge on any atom is -0.494 e. The summed E-state index contributed by atoms with van der Waals surface area (Å²) in [5.74, 6) is -0.341. The lowest BCUT2D eigenvalue weighted by Gasteiger charge is -2.44. The van der Waals surface area contributed by atoms with Gasteiger partial charge in [-0.2, -0.15) is 0 Å². The first kappa shape index (κ1) is 22.2. The molecule has 2 aliphatic rings. The fraction of sp³-hybridized carbons (Fsp3) is 0.310. The maximum absolute atomic E-state index is 13.7. The molecular formula is C29H29NO4. The molecule has 174 valence electrons. The molecule has 34 heavy (non-hydrogen) atoms. The van der Waals surface area contributed by atoms with Gasteiger partial charge in [0.25, 0.3) is 0 Å². The zero-order valence-corrected chi connectivity index (χ0v) is 20.0. The first-order valence-electron chi connectivity index (χ1n) is 11.7. The van der Waals surface area contributed by atoms with E-state index in [1.54, 1.807) is 0 Å². The van der Waals surface area contributed by atoms with E-state index < -0.39 is 11.3 Å². The number of hydrogen-bond donors (Lipinski definition) is 1. The Hall–Kier alpha value is -3.60. The summed E-state index contributed by atoms with van der Waals surface area (Å²) < 4.78 is 10.9. The monoisotopic (exact) mass is 455 g/mol. The summed E-state index contributed by atoms with van der Waals surface area (Å²) in [4.78, 5) is 26.7. The number of ether oxygens (including phenoxy) is 2. The summed E-state index contributed by atoms with van der Waals surface area (Å²) in [7, 11) is 1.41. The van der Waals surface area contributed by atoms with Gasteiger partial charge in [-0.05, 0) is 52.4 Å². The summed E-state index contributed by atoms with van der Waals surface area (Å²) in [5.41, 5.74) is 3.71. The zero-order chi connectivity index (χ0) is 24.0. The largest absolute Gasteiger partial charge is 0.494 e. The number of anilines is 1. The van der Waals surface area contributed by atoms with Gasteiger partial charge >= 0.3 is 5.97 Å². The summed E-state index contributed by atoms with van der Waals surface area (Å²) in [6.45, 7) is 6.46. The third-order valence-corrected chi connectivity index (χ3v) is 7.06. The van der Waals surface area contributed by atoms with Crippen molar-refractivity contribution in [1.29, 1.82) is 0 Å². The van der Waals surface area contributed by atoms with Crippen molar-refractivity contribution in [3.8, 4) is 5.75 Å². The standard InChI is InChI=1S/C29H29NO4/c1-5-34-19-13-10-18(11-14-19)23-24-20-9-7-6-8-17(20)12-15-21(24)30-27-25(23)22(31)16-29(2,3)26(27)28(32)33-4/h6-15,23,26,30H,5,16H2,1-4H3/t23-,26+/m1/s1. The van der Waals surface area contributed by atoms with E-state index in [9.17, 15) is 9.59 Å². The SMILES string of the molecule is CCOc1ccc([C@H]2C3=C(Nc4ccc5ccccc5c42)[C@@H](C(=O)OC)C(C)(C)CC3=O)cc1. The maximum atomic E-state index is 13.7. The Bertz CT molecular complexity index is 1320. The smallest absolute Gasteiger partial charge is 0.315 e. The fourth-order valence-corrected chi connectivity index (χ4v) is 5.58. The summed E-state index contributed by atoms with van der Waals surface area (Å²) in [6.07, 6.45) is 0.279. The van der Waals surface area contributed by atoms with E-state index in [0.29, 0.717) is 17.9 Å². The van der Waals surface area contributed by atoms with Crippen molar-refractivity contribution >= 4 is 28.2 Å². The van der Waals surface area contributed by atoms with Gasteiger partial charge < -0.3 is 14.8 Å². The van der Waals surface area contributed by atoms with Crippen molar-refractivity contribution in [2.45, 2.75) is 33.1 Å². The van der Waals surface area contributed by atoms with Gasteiger partial charge in [-0.1, -0.05) is 56.3 Å². The van der Waals surface area contributed by atoms with Gasteiger partial charge in [0.15, 0.2) is 5.78 Å². The Morgan fingerprint density at radius 3 is 2.50 bits per heavy atom. The number of carbonyl (C=O) groups is 2. The van der Waals surface area contributed by atoms with Crippen LogP contribution in [0.2, 0.25) is 0 Å². The van der Waals surface area contributed by atoms with E-state index in [-0.39, 0.29) is 24.1 Å². The molecule has 0 radical (unpaired) electrons. The second kappa shape index (κ2) is 8.32. The number of methoxy groups -OCH3 is 1. The van der Waals surface area contributed by atoms with E-state index in [1.165, 1.54) is 7.11 Å². The Balaban J connectivity index is 1.79. The van der Waals surface area contributed by atoms with Crippen LogP contribution in [0.1, 0.15) is 44.2 Å². The molecule has 1 aliphatic heterocycles. The third-order valence-electron chi connectivity index (χ3n) is 7.06. The highest BCUT2D eigenvalue weighted by Crippen LogP contribution is 2.53. The van der Waals surface area contributed by atoms with Gasteiger partial charge in [-0.15, -0.1) is 0 Å². The molecule has 5 heteroatoms. The Morgan fingerprint density at radius 2 is 1.79 bits per heavy atom. The van der Waals surface area contributed by atoms with Crippen LogP contribution in [0, 0.1) is 11.3 Å². The van der Waals surface area contributed by atoms with Crippen LogP contribution in [0.25, 0.3) is 10.8 Å². The van der Waals surface area contributed by atoms with Gasteiger partial charge in [0.05, 0.1) is 13.7 Å². The molecular weight excluding hydrogens is 426 g/mol. The molecule has 0 saturated heterocycles. The number of rotatable bonds is 4. The molecule has 2 atom stereocenters.